The maximum Gasteiger partial charge on any atom is 0.344 e. The molecule has 0 saturated carbocycles. The van der Waals surface area contributed by atoms with Gasteiger partial charge in [-0.2, -0.15) is 10.2 Å². The van der Waals surface area contributed by atoms with Gasteiger partial charge in [0.2, 0.25) is 5.91 Å². The molecule has 0 radical (unpaired) electrons. The molecule has 1 N–H and O–H groups in total. The molecular weight excluding hydrogens is 282 g/mol. The molecule has 1 aromatic carbocycles. The topological polar surface area (TPSA) is 79.6 Å². The van der Waals surface area contributed by atoms with E-state index in [4.69, 9.17) is 0 Å². The highest BCUT2D eigenvalue weighted by molar-refractivity contribution is 6.02. The molecule has 2 heterocycles. The number of para-hydroxylation sites is 1. The second-order valence-electron chi connectivity index (χ2n) is 4.99. The molecule has 1 aromatic heterocycles. The first-order valence-electron chi connectivity index (χ1n) is 6.83. The molecule has 7 heteroatoms. The zero-order valence-electron chi connectivity index (χ0n) is 12.3. The van der Waals surface area contributed by atoms with Crippen LogP contribution < -0.4 is 5.32 Å². The van der Waals surface area contributed by atoms with Crippen molar-refractivity contribution >= 4 is 18.2 Å². The van der Waals surface area contributed by atoms with E-state index in [2.05, 4.69) is 15.5 Å². The van der Waals surface area contributed by atoms with Crippen LogP contribution in [0.2, 0.25) is 0 Å². The molecule has 1 saturated heterocycles. The number of imide groups is 1. The minimum absolute atomic E-state index is 0.0553. The first kappa shape index (κ1) is 14.0. The number of carbonyl (C=O) groups is 2. The summed E-state index contributed by atoms with van der Waals surface area (Å²) in [6.45, 7) is 3.76. The standard InChI is InChI=1S/C15H15N5O2/c1-10-13(8-16-19-9-14(21)17-15(19)22)11(2)20(18-10)12-6-4-3-5-7-12/h3-8H,9H2,1-2H3,(H,17,21,22). The van der Waals surface area contributed by atoms with Gasteiger partial charge in [0, 0.05) is 5.56 Å². The normalized spacial score (nSPS) is 14.9. The lowest BCUT2D eigenvalue weighted by Gasteiger charge is -2.05. The van der Waals surface area contributed by atoms with Gasteiger partial charge in [-0.3, -0.25) is 10.1 Å². The van der Waals surface area contributed by atoms with Crippen molar-refractivity contribution in [3.8, 4) is 5.69 Å². The number of hydrogen-bond donors (Lipinski definition) is 1. The van der Waals surface area contributed by atoms with Crippen LogP contribution >= 0.6 is 0 Å². The van der Waals surface area contributed by atoms with Crippen molar-refractivity contribution < 1.29 is 9.59 Å². The Balaban J connectivity index is 1.91. The van der Waals surface area contributed by atoms with Crippen LogP contribution in [-0.4, -0.2) is 39.5 Å². The monoisotopic (exact) mass is 297 g/mol. The summed E-state index contributed by atoms with van der Waals surface area (Å²) in [6.07, 6.45) is 1.56. The third kappa shape index (κ3) is 2.48. The van der Waals surface area contributed by atoms with Crippen LogP contribution in [0.25, 0.3) is 5.69 Å². The fourth-order valence-electron chi connectivity index (χ4n) is 2.31. The number of nitrogens with one attached hydrogen (secondary N) is 1. The number of aryl methyl sites for hydroxylation is 1. The Morgan fingerprint density at radius 2 is 1.95 bits per heavy atom. The Labute approximate surface area is 127 Å². The van der Waals surface area contributed by atoms with Crippen molar-refractivity contribution in [3.63, 3.8) is 0 Å². The van der Waals surface area contributed by atoms with E-state index in [1.807, 2.05) is 48.9 Å². The Bertz CT molecular complexity index is 764. The highest BCUT2D eigenvalue weighted by atomic mass is 16.2. The zero-order valence-corrected chi connectivity index (χ0v) is 12.3. The van der Waals surface area contributed by atoms with Crippen LogP contribution in [0.3, 0.4) is 0 Å². The lowest BCUT2D eigenvalue weighted by Crippen LogP contribution is -2.24. The molecule has 0 atom stereocenters. The number of carbonyl (C=O) groups excluding carboxylic acids is 2. The number of urea groups is 1. The Hall–Kier alpha value is -2.96. The van der Waals surface area contributed by atoms with Crippen LogP contribution in [0.4, 0.5) is 4.79 Å². The third-order valence-electron chi connectivity index (χ3n) is 3.45. The van der Waals surface area contributed by atoms with E-state index >= 15 is 0 Å². The second kappa shape index (κ2) is 5.44. The van der Waals surface area contributed by atoms with Gasteiger partial charge >= 0.3 is 6.03 Å². The zero-order chi connectivity index (χ0) is 15.7. The summed E-state index contributed by atoms with van der Waals surface area (Å²) >= 11 is 0. The number of amides is 3. The number of aromatic nitrogens is 2. The third-order valence-corrected chi connectivity index (χ3v) is 3.45. The van der Waals surface area contributed by atoms with E-state index < -0.39 is 6.03 Å². The largest absolute Gasteiger partial charge is 0.344 e. The number of nitrogens with zero attached hydrogens (tertiary/aromatic N) is 4. The highest BCUT2D eigenvalue weighted by Crippen LogP contribution is 2.16. The Morgan fingerprint density at radius 3 is 2.59 bits per heavy atom. The maximum atomic E-state index is 11.5. The second-order valence-corrected chi connectivity index (χ2v) is 4.99. The van der Waals surface area contributed by atoms with Crippen LogP contribution in [0, 0.1) is 13.8 Å². The SMILES string of the molecule is Cc1nn(-c2ccccc2)c(C)c1C=NN1CC(=O)NC1=O. The van der Waals surface area contributed by atoms with Gasteiger partial charge in [-0.15, -0.1) is 0 Å². The van der Waals surface area contributed by atoms with Gasteiger partial charge < -0.3 is 0 Å². The van der Waals surface area contributed by atoms with E-state index in [-0.39, 0.29) is 12.5 Å². The fourth-order valence-corrected chi connectivity index (χ4v) is 2.31. The molecule has 7 nitrogen and oxygen atoms in total. The molecule has 22 heavy (non-hydrogen) atoms. The molecular formula is C15H15N5O2. The lowest BCUT2D eigenvalue weighted by atomic mass is 10.2. The highest BCUT2D eigenvalue weighted by Gasteiger charge is 2.26. The molecule has 3 amide bonds. The Morgan fingerprint density at radius 1 is 1.23 bits per heavy atom. The smallest absolute Gasteiger partial charge is 0.275 e. The molecule has 2 aromatic rings. The summed E-state index contributed by atoms with van der Waals surface area (Å²) in [7, 11) is 0. The van der Waals surface area contributed by atoms with Gasteiger partial charge in [-0.1, -0.05) is 18.2 Å². The average molecular weight is 297 g/mol. The summed E-state index contributed by atoms with van der Waals surface area (Å²) in [4.78, 5) is 22.6. The minimum atomic E-state index is -0.507. The first-order valence-corrected chi connectivity index (χ1v) is 6.83. The number of hydrazone groups is 1. The van der Waals surface area contributed by atoms with Gasteiger partial charge in [0.15, 0.2) is 0 Å². The van der Waals surface area contributed by atoms with Crippen LogP contribution in [0.5, 0.6) is 0 Å². The van der Waals surface area contributed by atoms with E-state index in [9.17, 15) is 9.59 Å². The molecule has 0 bridgehead atoms. The van der Waals surface area contributed by atoms with Crippen molar-refractivity contribution in [1.82, 2.24) is 20.1 Å². The van der Waals surface area contributed by atoms with Crippen LogP contribution in [0.15, 0.2) is 35.4 Å². The van der Waals surface area contributed by atoms with Gasteiger partial charge in [0.05, 0.1) is 23.3 Å². The van der Waals surface area contributed by atoms with Crippen LogP contribution in [0.1, 0.15) is 17.0 Å². The Kier molecular flexibility index (Phi) is 3.46. The molecule has 1 aliphatic heterocycles. The predicted molar refractivity (Wildman–Crippen MR) is 80.9 cm³/mol. The van der Waals surface area contributed by atoms with Crippen molar-refractivity contribution in [2.75, 3.05) is 6.54 Å². The van der Waals surface area contributed by atoms with Crippen molar-refractivity contribution in [2.24, 2.45) is 5.10 Å². The summed E-state index contributed by atoms with van der Waals surface area (Å²) < 4.78 is 1.83. The van der Waals surface area contributed by atoms with Gasteiger partial charge in [-0.05, 0) is 26.0 Å². The van der Waals surface area contributed by atoms with Gasteiger partial charge in [-0.25, -0.2) is 14.5 Å². The average Bonchev–Trinajstić information content (AvgIpc) is 2.97. The molecule has 0 spiro atoms. The first-order chi connectivity index (χ1) is 10.6. The quantitative estimate of drug-likeness (QED) is 0.686. The lowest BCUT2D eigenvalue weighted by molar-refractivity contribution is -0.118. The van der Waals surface area contributed by atoms with E-state index in [0.29, 0.717) is 0 Å². The van der Waals surface area contributed by atoms with Crippen LogP contribution in [-0.2, 0) is 4.79 Å². The number of hydrogen-bond acceptors (Lipinski definition) is 4. The van der Waals surface area contributed by atoms with Crippen molar-refractivity contribution in [3.05, 3.63) is 47.3 Å². The number of benzene rings is 1. The van der Waals surface area contributed by atoms with Gasteiger partial charge in [0.25, 0.3) is 0 Å². The van der Waals surface area contributed by atoms with E-state index in [1.165, 1.54) is 0 Å². The van der Waals surface area contributed by atoms with E-state index in [1.54, 1.807) is 6.21 Å². The molecule has 1 aliphatic rings. The molecule has 112 valence electrons. The number of rotatable bonds is 3. The molecule has 3 rings (SSSR count). The summed E-state index contributed by atoms with van der Waals surface area (Å²) in [5.41, 5.74) is 3.50. The van der Waals surface area contributed by atoms with Crippen molar-refractivity contribution in [1.29, 1.82) is 0 Å². The molecule has 0 aliphatic carbocycles. The summed E-state index contributed by atoms with van der Waals surface area (Å²) in [6, 6.07) is 9.26. The van der Waals surface area contributed by atoms with E-state index in [0.717, 1.165) is 27.6 Å². The maximum absolute atomic E-state index is 11.5. The van der Waals surface area contributed by atoms with Crippen molar-refractivity contribution in [2.45, 2.75) is 13.8 Å². The minimum Gasteiger partial charge on any atom is -0.275 e. The molecule has 1 fully saturated rings. The molecule has 0 unspecified atom stereocenters. The predicted octanol–water partition coefficient (Wildman–Crippen LogP) is 1.37. The van der Waals surface area contributed by atoms with Gasteiger partial charge in [0.1, 0.15) is 6.54 Å². The fraction of sp³-hybridized carbons (Fsp3) is 0.200. The summed E-state index contributed by atoms with van der Waals surface area (Å²) in [5.74, 6) is -0.351. The summed E-state index contributed by atoms with van der Waals surface area (Å²) in [5, 5.41) is 11.8.